The smallest absolute Gasteiger partial charge is 0.306 e. The summed E-state index contributed by atoms with van der Waals surface area (Å²) in [6.45, 7) is 1.99. The molecule has 0 bridgehead atoms. The van der Waals surface area contributed by atoms with Gasteiger partial charge in [-0.3, -0.25) is 14.5 Å². The zero-order valence-electron chi connectivity index (χ0n) is 15.4. The summed E-state index contributed by atoms with van der Waals surface area (Å²) >= 11 is 12.5. The van der Waals surface area contributed by atoms with E-state index in [1.165, 1.54) is 23.1 Å². The molecule has 0 radical (unpaired) electrons. The molecule has 5 nitrogen and oxygen atoms in total. The van der Waals surface area contributed by atoms with Gasteiger partial charge in [0.25, 0.3) is 5.91 Å². The summed E-state index contributed by atoms with van der Waals surface area (Å²) in [7, 11) is 0. The molecule has 0 spiro atoms. The number of carboxylic acid groups (broad SMARTS) is 1. The summed E-state index contributed by atoms with van der Waals surface area (Å²) in [6, 6.07) is 7.31. The number of thioether (sulfide) groups is 1. The van der Waals surface area contributed by atoms with E-state index in [9.17, 15) is 14.0 Å². The Balaban J connectivity index is 1.71. The van der Waals surface area contributed by atoms with Crippen LogP contribution in [0, 0.1) is 11.7 Å². The maximum atomic E-state index is 13.5. The highest BCUT2D eigenvalue weighted by Gasteiger charge is 2.32. The summed E-state index contributed by atoms with van der Waals surface area (Å²) in [5, 5.41) is 9.30. The lowest BCUT2D eigenvalue weighted by molar-refractivity contribution is -0.141. The van der Waals surface area contributed by atoms with Crippen molar-refractivity contribution in [1.82, 2.24) is 4.90 Å². The van der Waals surface area contributed by atoms with Gasteiger partial charge in [-0.1, -0.05) is 42.5 Å². The van der Waals surface area contributed by atoms with Crippen molar-refractivity contribution < 1.29 is 23.5 Å². The number of carbonyl (C=O) groups excluding carboxylic acids is 1. The molecule has 9 heteroatoms. The van der Waals surface area contributed by atoms with Gasteiger partial charge in [0.1, 0.15) is 21.7 Å². The lowest BCUT2D eigenvalue weighted by atomic mass is 10.1. The number of furan rings is 1. The molecule has 2 heterocycles. The van der Waals surface area contributed by atoms with Crippen LogP contribution in [0.15, 0.2) is 39.7 Å². The minimum Gasteiger partial charge on any atom is -0.481 e. The fourth-order valence-electron chi connectivity index (χ4n) is 2.76. The number of hydrogen-bond donors (Lipinski definition) is 1. The van der Waals surface area contributed by atoms with E-state index in [4.69, 9.17) is 33.3 Å². The molecule has 1 aromatic carbocycles. The van der Waals surface area contributed by atoms with Gasteiger partial charge in [0.2, 0.25) is 0 Å². The van der Waals surface area contributed by atoms with E-state index >= 15 is 0 Å². The number of amides is 1. The minimum absolute atomic E-state index is 0.246. The van der Waals surface area contributed by atoms with Crippen LogP contribution in [0.5, 0.6) is 0 Å². The summed E-state index contributed by atoms with van der Waals surface area (Å²) in [4.78, 5) is 25.4. The van der Waals surface area contributed by atoms with Crippen LogP contribution in [0.2, 0.25) is 5.02 Å². The maximum Gasteiger partial charge on any atom is 0.306 e. The van der Waals surface area contributed by atoms with Crippen LogP contribution in [0.4, 0.5) is 4.39 Å². The number of benzene rings is 1. The molecule has 1 N–H and O–H groups in total. The Morgan fingerprint density at radius 1 is 1.41 bits per heavy atom. The highest BCUT2D eigenvalue weighted by Crippen LogP contribution is 2.35. The van der Waals surface area contributed by atoms with Crippen LogP contribution in [-0.4, -0.2) is 32.7 Å². The average molecular weight is 454 g/mol. The quantitative estimate of drug-likeness (QED) is 0.444. The van der Waals surface area contributed by atoms with Crippen molar-refractivity contribution in [2.75, 3.05) is 6.54 Å². The zero-order chi connectivity index (χ0) is 21.1. The van der Waals surface area contributed by atoms with Crippen molar-refractivity contribution in [3.8, 4) is 11.3 Å². The Hall–Kier alpha value is -2.16. The fraction of sp³-hybridized carbons (Fsp3) is 0.250. The Bertz CT molecular complexity index is 1000. The van der Waals surface area contributed by atoms with E-state index in [1.54, 1.807) is 25.1 Å². The number of rotatable bonds is 7. The predicted octanol–water partition coefficient (Wildman–Crippen LogP) is 5.44. The number of carboxylic acids is 1. The average Bonchev–Trinajstić information content (AvgIpc) is 3.23. The molecule has 1 amide bonds. The number of nitrogens with zero attached hydrogens (tertiary/aromatic N) is 1. The third-order valence-corrected chi connectivity index (χ3v) is 6.12. The SMILES string of the molecule is CC(CCCN1C(=O)C(=Cc2ccc(-c3cc(F)ccc3Cl)o2)SC1=S)C(=O)O. The van der Waals surface area contributed by atoms with Gasteiger partial charge in [0, 0.05) is 18.2 Å². The molecule has 152 valence electrons. The van der Waals surface area contributed by atoms with Gasteiger partial charge in [0.05, 0.1) is 15.8 Å². The zero-order valence-corrected chi connectivity index (χ0v) is 17.7. The first kappa shape index (κ1) is 21.5. The van der Waals surface area contributed by atoms with Gasteiger partial charge in [-0.05, 0) is 43.2 Å². The normalized spacial score (nSPS) is 16.7. The number of halogens is 2. The molecular formula is C20H17ClFNO4S2. The van der Waals surface area contributed by atoms with E-state index in [0.717, 1.165) is 11.8 Å². The molecule has 0 aliphatic carbocycles. The first-order valence-corrected chi connectivity index (χ1v) is 10.4. The van der Waals surface area contributed by atoms with Crippen molar-refractivity contribution in [2.45, 2.75) is 19.8 Å². The summed E-state index contributed by atoms with van der Waals surface area (Å²) < 4.78 is 19.6. The van der Waals surface area contributed by atoms with Crippen LogP contribution >= 0.6 is 35.6 Å². The van der Waals surface area contributed by atoms with Crippen molar-refractivity contribution in [1.29, 1.82) is 0 Å². The number of carbonyl (C=O) groups is 2. The Morgan fingerprint density at radius 2 is 2.17 bits per heavy atom. The second-order valence-corrected chi connectivity index (χ2v) is 8.62. The molecule has 0 saturated carbocycles. The van der Waals surface area contributed by atoms with Crippen molar-refractivity contribution >= 4 is 57.9 Å². The molecule has 1 aliphatic rings. The van der Waals surface area contributed by atoms with Crippen molar-refractivity contribution in [3.05, 3.63) is 51.8 Å². The van der Waals surface area contributed by atoms with Gasteiger partial charge in [-0.2, -0.15) is 0 Å². The van der Waals surface area contributed by atoms with Crippen molar-refractivity contribution in [3.63, 3.8) is 0 Å². The van der Waals surface area contributed by atoms with Gasteiger partial charge in [-0.15, -0.1) is 0 Å². The first-order valence-electron chi connectivity index (χ1n) is 8.79. The van der Waals surface area contributed by atoms with Gasteiger partial charge in [-0.25, -0.2) is 4.39 Å². The molecule has 1 saturated heterocycles. The second kappa shape index (κ2) is 9.11. The third kappa shape index (κ3) is 5.07. The molecule has 29 heavy (non-hydrogen) atoms. The highest BCUT2D eigenvalue weighted by atomic mass is 35.5. The van der Waals surface area contributed by atoms with Crippen LogP contribution in [-0.2, 0) is 9.59 Å². The summed E-state index contributed by atoms with van der Waals surface area (Å²) in [5.74, 6) is -1.20. The standard InChI is InChI=1S/C20H17ClFNO4S2/c1-11(19(25)26)3-2-8-23-18(24)17(29-20(23)28)10-13-5-7-16(27-13)14-9-12(22)4-6-15(14)21/h4-7,9-11H,2-3,8H2,1H3,(H,25,26). The van der Waals surface area contributed by atoms with Crippen molar-refractivity contribution in [2.24, 2.45) is 5.92 Å². The lowest BCUT2D eigenvalue weighted by Crippen LogP contribution is -2.29. The van der Waals surface area contributed by atoms with E-state index in [-0.39, 0.29) is 5.91 Å². The topological polar surface area (TPSA) is 70.8 Å². The third-order valence-electron chi connectivity index (χ3n) is 4.41. The Kier molecular flexibility index (Phi) is 6.77. The van der Waals surface area contributed by atoms with Crippen LogP contribution < -0.4 is 0 Å². The van der Waals surface area contributed by atoms with E-state index in [1.807, 2.05) is 0 Å². The van der Waals surface area contributed by atoms with Gasteiger partial charge >= 0.3 is 5.97 Å². The monoisotopic (exact) mass is 453 g/mol. The number of hydrogen-bond acceptors (Lipinski definition) is 5. The largest absolute Gasteiger partial charge is 0.481 e. The Morgan fingerprint density at radius 3 is 2.90 bits per heavy atom. The molecule has 3 rings (SSSR count). The molecule has 1 aliphatic heterocycles. The first-order chi connectivity index (χ1) is 13.8. The Labute approximate surface area is 181 Å². The summed E-state index contributed by atoms with van der Waals surface area (Å²) in [6.07, 6.45) is 2.58. The molecule has 1 unspecified atom stereocenters. The molecule has 1 aromatic heterocycles. The predicted molar refractivity (Wildman–Crippen MR) is 115 cm³/mol. The summed E-state index contributed by atoms with van der Waals surface area (Å²) in [5.41, 5.74) is 0.423. The molecule has 1 atom stereocenters. The molecule has 1 fully saturated rings. The van der Waals surface area contributed by atoms with Gasteiger partial charge in [0.15, 0.2) is 0 Å². The lowest BCUT2D eigenvalue weighted by Gasteiger charge is -2.15. The maximum absolute atomic E-state index is 13.5. The fourth-order valence-corrected chi connectivity index (χ4v) is 4.26. The molecular weight excluding hydrogens is 437 g/mol. The van der Waals surface area contributed by atoms with Crippen LogP contribution in [0.1, 0.15) is 25.5 Å². The second-order valence-electron chi connectivity index (χ2n) is 6.54. The minimum atomic E-state index is -0.859. The number of thiocarbonyl (C=S) groups is 1. The van der Waals surface area contributed by atoms with E-state index in [0.29, 0.717) is 50.7 Å². The van der Waals surface area contributed by atoms with Crippen LogP contribution in [0.3, 0.4) is 0 Å². The molecule has 2 aromatic rings. The van der Waals surface area contributed by atoms with Crippen LogP contribution in [0.25, 0.3) is 17.4 Å². The number of aliphatic carboxylic acids is 1. The highest BCUT2D eigenvalue weighted by molar-refractivity contribution is 8.26. The van der Waals surface area contributed by atoms with Gasteiger partial charge < -0.3 is 9.52 Å². The van der Waals surface area contributed by atoms with E-state index < -0.39 is 17.7 Å². The van der Waals surface area contributed by atoms with E-state index in [2.05, 4.69) is 0 Å².